The molecule has 4 rings (SSSR count). The molecule has 1 unspecified atom stereocenters. The van der Waals surface area contributed by atoms with E-state index in [0.717, 1.165) is 76.3 Å². The summed E-state index contributed by atoms with van der Waals surface area (Å²) in [6.07, 6.45) is 10.7. The third-order valence-electron chi connectivity index (χ3n) is 9.22. The molecular formula is C36H58N6O2. The molecule has 2 saturated heterocycles. The summed E-state index contributed by atoms with van der Waals surface area (Å²) >= 11 is 0. The number of hydrogen-bond acceptors (Lipinski definition) is 7. The fourth-order valence-corrected chi connectivity index (χ4v) is 6.20. The average Bonchev–Trinajstić information content (AvgIpc) is 3.85. The number of pyridine rings is 1. The number of anilines is 2. The summed E-state index contributed by atoms with van der Waals surface area (Å²) in [4.78, 5) is 37.3. The van der Waals surface area contributed by atoms with Gasteiger partial charge in [0.05, 0.1) is 17.6 Å². The van der Waals surface area contributed by atoms with Crippen LogP contribution in [0.1, 0.15) is 92.6 Å². The van der Waals surface area contributed by atoms with Gasteiger partial charge in [0.2, 0.25) is 0 Å². The Balaban J connectivity index is 0.00000259. The number of nitrogens with zero attached hydrogens (tertiary/aromatic N) is 4. The van der Waals surface area contributed by atoms with Crippen molar-refractivity contribution < 1.29 is 9.59 Å². The van der Waals surface area contributed by atoms with Crippen LogP contribution in [-0.2, 0) is 9.59 Å². The molecule has 0 aromatic carbocycles. The Kier molecular flexibility index (Phi) is 13.7. The Hall–Kier alpha value is -2.97. The molecule has 1 atom stereocenters. The second-order valence-electron chi connectivity index (χ2n) is 12.6. The van der Waals surface area contributed by atoms with Crippen LogP contribution in [0.15, 0.2) is 47.3 Å². The number of carbonyl (C=O) groups excluding carboxylic acids is 2. The van der Waals surface area contributed by atoms with Gasteiger partial charge >= 0.3 is 0 Å². The number of aryl methyl sites for hydroxylation is 1. The monoisotopic (exact) mass is 606 g/mol. The van der Waals surface area contributed by atoms with Gasteiger partial charge in [-0.1, -0.05) is 57.1 Å². The minimum absolute atomic E-state index is 0.155. The topological polar surface area (TPSA) is 80.8 Å². The van der Waals surface area contributed by atoms with Gasteiger partial charge in [-0.25, -0.2) is 4.98 Å². The number of nitrogens with one attached hydrogen (secondary N) is 2. The zero-order valence-corrected chi connectivity index (χ0v) is 28.8. The summed E-state index contributed by atoms with van der Waals surface area (Å²) in [6, 6.07) is 3.31. The highest BCUT2D eigenvalue weighted by molar-refractivity contribution is 6.46. The third kappa shape index (κ3) is 9.77. The van der Waals surface area contributed by atoms with Crippen molar-refractivity contribution in [1.29, 1.82) is 0 Å². The largest absolute Gasteiger partial charge is 0.379 e. The van der Waals surface area contributed by atoms with E-state index in [2.05, 4.69) is 72.6 Å². The fraction of sp³-hybridized carbons (Fsp3) is 0.639. The second-order valence-corrected chi connectivity index (χ2v) is 12.6. The van der Waals surface area contributed by atoms with Crippen LogP contribution in [0, 0.1) is 6.92 Å². The number of amides is 1. The highest BCUT2D eigenvalue weighted by Gasteiger charge is 2.34. The molecule has 1 aliphatic carbocycles. The first-order valence-corrected chi connectivity index (χ1v) is 16.9. The van der Waals surface area contributed by atoms with Crippen molar-refractivity contribution in [1.82, 2.24) is 20.1 Å². The molecule has 2 N–H and O–H groups in total. The number of aromatic nitrogens is 1. The van der Waals surface area contributed by atoms with Gasteiger partial charge in [0.25, 0.3) is 11.7 Å². The minimum atomic E-state index is -0.683. The maximum Gasteiger partial charge on any atom is 0.298 e. The van der Waals surface area contributed by atoms with Crippen LogP contribution in [0.25, 0.3) is 0 Å². The standard InChI is InChI=1S/C34H52N6O2.C2H6/c1-8-23(3)18-24(4)26(6)21-38-14-12-31(13-15-38)40-17-16-39(22-30(40)9-2)33-25(5)19-29(20-35-33)37-34(42)32(41)27(7)36-28-10-11-28;1-2/h18-20,28,30-31,36H,7-17,21-22H2,1-6H3,(H,37,42);1-2H3/b23-18-,26-24+;. The average molecular weight is 607 g/mol. The van der Waals surface area contributed by atoms with Crippen LogP contribution in [-0.4, -0.2) is 83.9 Å². The summed E-state index contributed by atoms with van der Waals surface area (Å²) < 4.78 is 0. The molecule has 2 aliphatic heterocycles. The molecule has 244 valence electrons. The number of piperazine rings is 1. The van der Waals surface area contributed by atoms with Crippen LogP contribution in [0.5, 0.6) is 0 Å². The fourth-order valence-electron chi connectivity index (χ4n) is 6.20. The number of rotatable bonds is 12. The normalized spacial score (nSPS) is 20.8. The molecule has 0 radical (unpaired) electrons. The van der Waals surface area contributed by atoms with E-state index in [0.29, 0.717) is 17.8 Å². The molecular weight excluding hydrogens is 548 g/mol. The zero-order chi connectivity index (χ0) is 32.4. The number of likely N-dealkylation sites (tertiary alicyclic amines) is 1. The quantitative estimate of drug-likeness (QED) is 0.165. The van der Waals surface area contributed by atoms with E-state index in [1.807, 2.05) is 26.8 Å². The van der Waals surface area contributed by atoms with Crippen molar-refractivity contribution >= 4 is 23.2 Å². The Morgan fingerprint density at radius 3 is 2.32 bits per heavy atom. The lowest BCUT2D eigenvalue weighted by Crippen LogP contribution is -2.58. The van der Waals surface area contributed by atoms with Gasteiger partial charge in [0.15, 0.2) is 0 Å². The highest BCUT2D eigenvalue weighted by atomic mass is 16.2. The van der Waals surface area contributed by atoms with Crippen molar-refractivity contribution in [3.8, 4) is 0 Å². The molecule has 3 fully saturated rings. The molecule has 1 amide bonds. The van der Waals surface area contributed by atoms with Crippen LogP contribution in [0.4, 0.5) is 11.5 Å². The number of Topliss-reactive ketones (excluding diaryl/α,β-unsaturated/α-hetero) is 1. The van der Waals surface area contributed by atoms with Crippen LogP contribution in [0.3, 0.4) is 0 Å². The maximum absolute atomic E-state index is 12.5. The number of hydrogen-bond donors (Lipinski definition) is 2. The molecule has 0 spiro atoms. The smallest absolute Gasteiger partial charge is 0.298 e. The Morgan fingerprint density at radius 1 is 1.05 bits per heavy atom. The zero-order valence-electron chi connectivity index (χ0n) is 28.8. The van der Waals surface area contributed by atoms with Crippen molar-refractivity contribution in [2.24, 2.45) is 0 Å². The first-order chi connectivity index (χ1) is 21.1. The van der Waals surface area contributed by atoms with Crippen molar-refractivity contribution in [3.63, 3.8) is 0 Å². The molecule has 44 heavy (non-hydrogen) atoms. The molecule has 1 aromatic heterocycles. The Morgan fingerprint density at radius 2 is 1.73 bits per heavy atom. The van der Waals surface area contributed by atoms with Gasteiger partial charge in [-0.05, 0) is 90.9 Å². The van der Waals surface area contributed by atoms with Gasteiger partial charge in [0.1, 0.15) is 5.82 Å². The van der Waals surface area contributed by atoms with E-state index in [-0.39, 0.29) is 11.7 Å². The SMILES string of the molecule is C=C(NC1CC1)C(=O)C(=O)Nc1cnc(N2CCN(C3CCN(C/C(C)=C(C)/C=C(/C)CC)CC3)C(CC)C2)c(C)c1.CC. The third-order valence-corrected chi connectivity index (χ3v) is 9.22. The van der Waals surface area contributed by atoms with Gasteiger partial charge in [-0.3, -0.25) is 19.4 Å². The molecule has 8 nitrogen and oxygen atoms in total. The van der Waals surface area contributed by atoms with E-state index in [4.69, 9.17) is 4.98 Å². The first kappa shape index (κ1) is 35.5. The van der Waals surface area contributed by atoms with Gasteiger partial charge in [-0.15, -0.1) is 0 Å². The summed E-state index contributed by atoms with van der Waals surface area (Å²) in [5.74, 6) is -0.355. The molecule has 3 aliphatic rings. The maximum atomic E-state index is 12.5. The summed E-state index contributed by atoms with van der Waals surface area (Å²) in [6.45, 7) is 27.3. The predicted octanol–water partition coefficient (Wildman–Crippen LogP) is 6.25. The summed E-state index contributed by atoms with van der Waals surface area (Å²) in [5.41, 5.74) is 6.02. The van der Waals surface area contributed by atoms with Crippen molar-refractivity contribution in [2.45, 2.75) is 112 Å². The second kappa shape index (κ2) is 16.9. The number of piperidine rings is 1. The van der Waals surface area contributed by atoms with Gasteiger partial charge in [-0.2, -0.15) is 0 Å². The van der Waals surface area contributed by atoms with E-state index >= 15 is 0 Å². The predicted molar refractivity (Wildman–Crippen MR) is 184 cm³/mol. The van der Waals surface area contributed by atoms with E-state index in [9.17, 15) is 9.59 Å². The number of allylic oxidation sites excluding steroid dienone is 3. The molecule has 3 heterocycles. The van der Waals surface area contributed by atoms with E-state index in [1.54, 1.807) is 6.20 Å². The Labute approximate surface area is 267 Å². The molecule has 1 aromatic rings. The van der Waals surface area contributed by atoms with Crippen molar-refractivity contribution in [2.75, 3.05) is 49.5 Å². The first-order valence-electron chi connectivity index (χ1n) is 16.9. The van der Waals surface area contributed by atoms with Crippen LogP contribution >= 0.6 is 0 Å². The molecule has 1 saturated carbocycles. The molecule has 0 bridgehead atoms. The molecule has 8 heteroatoms. The van der Waals surface area contributed by atoms with Crippen LogP contribution in [0.2, 0.25) is 0 Å². The van der Waals surface area contributed by atoms with Gasteiger partial charge < -0.3 is 15.5 Å². The lowest BCUT2D eigenvalue weighted by atomic mass is 9.97. The lowest BCUT2D eigenvalue weighted by Gasteiger charge is -2.48. The minimum Gasteiger partial charge on any atom is -0.379 e. The Bertz CT molecular complexity index is 1210. The highest BCUT2D eigenvalue weighted by Crippen LogP contribution is 2.28. The van der Waals surface area contributed by atoms with Gasteiger partial charge in [0, 0.05) is 44.3 Å². The number of carbonyl (C=O) groups is 2. The van der Waals surface area contributed by atoms with Crippen molar-refractivity contribution in [3.05, 3.63) is 52.9 Å². The lowest BCUT2D eigenvalue weighted by molar-refractivity contribution is -0.132. The van der Waals surface area contributed by atoms with E-state index < -0.39 is 11.7 Å². The van der Waals surface area contributed by atoms with Crippen LogP contribution < -0.4 is 15.5 Å². The number of ketones is 1. The summed E-state index contributed by atoms with van der Waals surface area (Å²) in [7, 11) is 0. The summed E-state index contributed by atoms with van der Waals surface area (Å²) in [5, 5.41) is 5.71. The van der Waals surface area contributed by atoms with E-state index in [1.165, 1.54) is 29.6 Å².